The fourth-order valence-corrected chi connectivity index (χ4v) is 5.97. The highest BCUT2D eigenvalue weighted by Crippen LogP contribution is 2.40. The molecule has 0 aromatic rings. The Morgan fingerprint density at radius 3 is 1.36 bits per heavy atom. The van der Waals surface area contributed by atoms with Crippen LogP contribution in [-0.2, 0) is 19.1 Å². The predicted molar refractivity (Wildman–Crippen MR) is 145 cm³/mol. The van der Waals surface area contributed by atoms with E-state index in [2.05, 4.69) is 51.3 Å². The Bertz CT molecular complexity index is 749. The van der Waals surface area contributed by atoms with Crippen molar-refractivity contribution in [3.05, 3.63) is 23.3 Å². The number of carbonyl (C=O) groups excluding carboxylic acids is 2. The lowest BCUT2D eigenvalue weighted by molar-refractivity contribution is -0.116. The molecule has 36 heavy (non-hydrogen) atoms. The fourth-order valence-electron chi connectivity index (χ4n) is 5.97. The first-order chi connectivity index (χ1) is 17.0. The molecule has 3 aliphatic rings. The second-order valence-electron chi connectivity index (χ2n) is 12.4. The SMILES string of the molecule is CC(CCCC(C)(C)C1=CC(=O)C(C(C)(C)CCCC(C)N2CCOCC2)=CC1=O)N1CCOCC1. The molecule has 6 heteroatoms. The molecule has 2 unspecified atom stereocenters. The van der Waals surface area contributed by atoms with Crippen molar-refractivity contribution in [2.24, 2.45) is 10.8 Å². The van der Waals surface area contributed by atoms with Crippen LogP contribution in [0, 0.1) is 10.8 Å². The van der Waals surface area contributed by atoms with Crippen LogP contribution < -0.4 is 0 Å². The molecule has 0 radical (unpaired) electrons. The maximum absolute atomic E-state index is 13.2. The second-order valence-corrected chi connectivity index (χ2v) is 12.4. The van der Waals surface area contributed by atoms with Gasteiger partial charge in [0, 0.05) is 49.4 Å². The van der Waals surface area contributed by atoms with Crippen LogP contribution in [0.2, 0.25) is 0 Å². The standard InChI is InChI=1S/C30H50N2O4/c1-23(31-13-17-35-18-14-31)9-7-11-29(3,4)25-21-28(34)26(22-27(25)33)30(5,6)12-8-10-24(2)32-15-19-36-20-16-32/h21-24H,7-20H2,1-6H3. The summed E-state index contributed by atoms with van der Waals surface area (Å²) in [5.41, 5.74) is 0.730. The summed E-state index contributed by atoms with van der Waals surface area (Å²) in [6, 6.07) is 1.03. The third-order valence-electron chi connectivity index (χ3n) is 8.73. The molecule has 2 heterocycles. The monoisotopic (exact) mass is 502 g/mol. The molecule has 0 N–H and O–H groups in total. The van der Waals surface area contributed by atoms with Gasteiger partial charge in [0.25, 0.3) is 0 Å². The summed E-state index contributed by atoms with van der Waals surface area (Å²) in [7, 11) is 0. The number of morpholine rings is 2. The van der Waals surface area contributed by atoms with Crippen molar-refractivity contribution < 1.29 is 19.1 Å². The van der Waals surface area contributed by atoms with E-state index in [0.29, 0.717) is 23.2 Å². The molecule has 1 aliphatic carbocycles. The predicted octanol–water partition coefficient (Wildman–Crippen LogP) is 4.83. The van der Waals surface area contributed by atoms with E-state index >= 15 is 0 Å². The Morgan fingerprint density at radius 1 is 0.694 bits per heavy atom. The molecule has 0 saturated carbocycles. The molecular formula is C30H50N2O4. The fraction of sp³-hybridized carbons (Fsp3) is 0.800. The third-order valence-corrected chi connectivity index (χ3v) is 8.73. The lowest BCUT2D eigenvalue weighted by Crippen LogP contribution is -2.42. The first kappa shape index (κ1) is 29.2. The molecule has 3 rings (SSSR count). The van der Waals surface area contributed by atoms with E-state index in [0.717, 1.165) is 91.1 Å². The molecule has 2 fully saturated rings. The van der Waals surface area contributed by atoms with E-state index in [4.69, 9.17) is 9.47 Å². The van der Waals surface area contributed by atoms with Gasteiger partial charge in [0.05, 0.1) is 26.4 Å². The van der Waals surface area contributed by atoms with Crippen molar-refractivity contribution >= 4 is 11.6 Å². The lowest BCUT2D eigenvalue weighted by atomic mass is 9.70. The van der Waals surface area contributed by atoms with Crippen LogP contribution in [-0.4, -0.2) is 86.1 Å². The minimum absolute atomic E-state index is 0.0191. The molecule has 0 bridgehead atoms. The Balaban J connectivity index is 1.51. The molecular weight excluding hydrogens is 452 g/mol. The highest BCUT2D eigenvalue weighted by molar-refractivity contribution is 6.20. The minimum atomic E-state index is -0.308. The molecule has 0 aromatic carbocycles. The highest BCUT2D eigenvalue weighted by Gasteiger charge is 2.36. The molecule has 2 atom stereocenters. The van der Waals surface area contributed by atoms with E-state index in [1.165, 1.54) is 0 Å². The number of rotatable bonds is 12. The minimum Gasteiger partial charge on any atom is -0.379 e. The Labute approximate surface area is 219 Å². The summed E-state index contributed by atoms with van der Waals surface area (Å²) in [4.78, 5) is 31.5. The zero-order valence-corrected chi connectivity index (χ0v) is 23.7. The average Bonchev–Trinajstić information content (AvgIpc) is 2.85. The second kappa shape index (κ2) is 12.9. The number of ether oxygens (including phenoxy) is 2. The summed E-state index contributed by atoms with van der Waals surface area (Å²) in [6.45, 7) is 20.3. The van der Waals surface area contributed by atoms with Gasteiger partial charge in [-0.05, 0) is 62.5 Å². The van der Waals surface area contributed by atoms with Crippen LogP contribution in [0.25, 0.3) is 0 Å². The Hall–Kier alpha value is -1.34. The van der Waals surface area contributed by atoms with Crippen LogP contribution >= 0.6 is 0 Å². The van der Waals surface area contributed by atoms with E-state index in [9.17, 15) is 9.59 Å². The average molecular weight is 503 g/mol. The van der Waals surface area contributed by atoms with E-state index < -0.39 is 0 Å². The van der Waals surface area contributed by atoms with Gasteiger partial charge in [-0.25, -0.2) is 0 Å². The van der Waals surface area contributed by atoms with E-state index in [1.54, 1.807) is 12.2 Å². The summed E-state index contributed by atoms with van der Waals surface area (Å²) in [6.07, 6.45) is 9.37. The number of allylic oxidation sites excluding steroid dienone is 4. The summed E-state index contributed by atoms with van der Waals surface area (Å²) in [5.74, 6) is 0.0381. The van der Waals surface area contributed by atoms with Gasteiger partial charge in [0.1, 0.15) is 0 Å². The smallest absolute Gasteiger partial charge is 0.182 e. The molecule has 6 nitrogen and oxygen atoms in total. The Kier molecular flexibility index (Phi) is 10.5. The zero-order valence-electron chi connectivity index (χ0n) is 23.7. The molecule has 204 valence electrons. The number of hydrogen-bond donors (Lipinski definition) is 0. The van der Waals surface area contributed by atoms with Crippen molar-refractivity contribution in [3.63, 3.8) is 0 Å². The van der Waals surface area contributed by atoms with Crippen molar-refractivity contribution in [3.8, 4) is 0 Å². The van der Waals surface area contributed by atoms with E-state index in [-0.39, 0.29) is 22.4 Å². The zero-order chi connectivity index (χ0) is 26.3. The summed E-state index contributed by atoms with van der Waals surface area (Å²) >= 11 is 0. The lowest BCUT2D eigenvalue weighted by Gasteiger charge is -2.35. The molecule has 0 aromatic heterocycles. The first-order valence-corrected chi connectivity index (χ1v) is 14.2. The van der Waals surface area contributed by atoms with E-state index in [1.807, 2.05) is 0 Å². The van der Waals surface area contributed by atoms with Gasteiger partial charge in [0.2, 0.25) is 0 Å². The van der Waals surface area contributed by atoms with Gasteiger partial charge in [0.15, 0.2) is 11.6 Å². The van der Waals surface area contributed by atoms with Crippen LogP contribution in [0.15, 0.2) is 23.3 Å². The van der Waals surface area contributed by atoms with Crippen LogP contribution in [0.3, 0.4) is 0 Å². The summed E-state index contributed by atoms with van der Waals surface area (Å²) in [5, 5.41) is 0. The number of nitrogens with zero attached hydrogens (tertiary/aromatic N) is 2. The third kappa shape index (κ3) is 7.83. The first-order valence-electron chi connectivity index (χ1n) is 14.2. The quantitative estimate of drug-likeness (QED) is 0.357. The van der Waals surface area contributed by atoms with Gasteiger partial charge < -0.3 is 9.47 Å². The number of hydrogen-bond acceptors (Lipinski definition) is 6. The van der Waals surface area contributed by atoms with Crippen molar-refractivity contribution in [2.75, 3.05) is 52.6 Å². The van der Waals surface area contributed by atoms with Gasteiger partial charge in [-0.1, -0.05) is 40.5 Å². The topological polar surface area (TPSA) is 59.1 Å². The molecule has 0 spiro atoms. The van der Waals surface area contributed by atoms with Crippen molar-refractivity contribution in [2.45, 2.75) is 92.2 Å². The molecule has 2 aliphatic heterocycles. The van der Waals surface area contributed by atoms with Gasteiger partial charge in [-0.2, -0.15) is 0 Å². The highest BCUT2D eigenvalue weighted by atomic mass is 16.5. The Morgan fingerprint density at radius 2 is 1.03 bits per heavy atom. The molecule has 0 amide bonds. The number of carbonyl (C=O) groups is 2. The van der Waals surface area contributed by atoms with Gasteiger partial charge >= 0.3 is 0 Å². The van der Waals surface area contributed by atoms with Crippen LogP contribution in [0.1, 0.15) is 80.1 Å². The number of ketones is 2. The largest absolute Gasteiger partial charge is 0.379 e. The maximum atomic E-state index is 13.2. The van der Waals surface area contributed by atoms with Crippen LogP contribution in [0.5, 0.6) is 0 Å². The molecule has 2 saturated heterocycles. The van der Waals surface area contributed by atoms with Crippen molar-refractivity contribution in [1.82, 2.24) is 9.80 Å². The van der Waals surface area contributed by atoms with Gasteiger partial charge in [-0.3, -0.25) is 19.4 Å². The maximum Gasteiger partial charge on any atom is 0.182 e. The van der Waals surface area contributed by atoms with Crippen LogP contribution in [0.4, 0.5) is 0 Å². The van der Waals surface area contributed by atoms with Crippen molar-refractivity contribution in [1.29, 1.82) is 0 Å². The normalized spacial score (nSPS) is 22.8. The summed E-state index contributed by atoms with van der Waals surface area (Å²) < 4.78 is 10.9. The van der Waals surface area contributed by atoms with Gasteiger partial charge in [-0.15, -0.1) is 0 Å².